The van der Waals surface area contributed by atoms with Crippen LogP contribution in [0.1, 0.15) is 5.56 Å². The summed E-state index contributed by atoms with van der Waals surface area (Å²) in [6.45, 7) is 2.07. The monoisotopic (exact) mass is 279 g/mol. The minimum Gasteiger partial charge on any atom is -0.256 e. The molecular weight excluding hydrogens is 266 g/mol. The van der Waals surface area contributed by atoms with Crippen molar-refractivity contribution in [1.82, 2.24) is 4.98 Å². The minimum absolute atomic E-state index is 0.766. The van der Waals surface area contributed by atoms with E-state index in [2.05, 4.69) is 36.2 Å². The van der Waals surface area contributed by atoms with Crippen molar-refractivity contribution in [2.45, 2.75) is 6.92 Å². The number of nitrogens with zero attached hydrogens (tertiary/aromatic N) is 1. The molecule has 0 N–H and O–H groups in total. The average molecular weight is 280 g/mol. The largest absolute Gasteiger partial charge is 0.256 e. The highest BCUT2D eigenvalue weighted by Crippen LogP contribution is 2.31. The molecular formula is C18H14ClN. The number of pyridine rings is 1. The molecule has 3 aromatic rings. The van der Waals surface area contributed by atoms with Gasteiger partial charge in [-0.2, -0.15) is 0 Å². The van der Waals surface area contributed by atoms with E-state index in [1.165, 1.54) is 5.56 Å². The van der Waals surface area contributed by atoms with Crippen LogP contribution in [0, 0.1) is 6.92 Å². The van der Waals surface area contributed by atoms with Crippen LogP contribution < -0.4 is 0 Å². The molecule has 0 aliphatic heterocycles. The van der Waals surface area contributed by atoms with Gasteiger partial charge in [-0.15, -0.1) is 0 Å². The van der Waals surface area contributed by atoms with Crippen LogP contribution in [0.4, 0.5) is 0 Å². The van der Waals surface area contributed by atoms with E-state index in [0.29, 0.717) is 0 Å². The molecule has 98 valence electrons. The van der Waals surface area contributed by atoms with Gasteiger partial charge < -0.3 is 0 Å². The molecule has 1 heterocycles. The third kappa shape index (κ3) is 2.45. The summed E-state index contributed by atoms with van der Waals surface area (Å²) in [7, 11) is 0. The van der Waals surface area contributed by atoms with E-state index in [0.717, 1.165) is 27.4 Å². The van der Waals surface area contributed by atoms with E-state index in [-0.39, 0.29) is 0 Å². The van der Waals surface area contributed by atoms with Crippen LogP contribution in [0.15, 0.2) is 66.9 Å². The Morgan fingerprint density at radius 1 is 0.850 bits per heavy atom. The Balaban J connectivity index is 2.12. The topological polar surface area (TPSA) is 12.9 Å². The fourth-order valence-corrected chi connectivity index (χ4v) is 2.56. The third-order valence-electron chi connectivity index (χ3n) is 3.33. The van der Waals surface area contributed by atoms with Gasteiger partial charge in [0.1, 0.15) is 0 Å². The number of hydrogen-bond acceptors (Lipinski definition) is 1. The molecule has 0 bridgehead atoms. The molecule has 0 unspecified atom stereocenters. The van der Waals surface area contributed by atoms with E-state index in [1.807, 2.05) is 42.6 Å². The van der Waals surface area contributed by atoms with Gasteiger partial charge >= 0.3 is 0 Å². The van der Waals surface area contributed by atoms with E-state index >= 15 is 0 Å². The van der Waals surface area contributed by atoms with Crippen LogP contribution in [0.5, 0.6) is 0 Å². The van der Waals surface area contributed by atoms with Crippen LogP contribution in [-0.4, -0.2) is 4.98 Å². The molecule has 3 rings (SSSR count). The highest BCUT2D eigenvalue weighted by molar-refractivity contribution is 6.33. The van der Waals surface area contributed by atoms with Gasteiger partial charge in [0.05, 0.1) is 5.69 Å². The van der Waals surface area contributed by atoms with E-state index < -0.39 is 0 Å². The van der Waals surface area contributed by atoms with Crippen LogP contribution in [-0.2, 0) is 0 Å². The van der Waals surface area contributed by atoms with Crippen molar-refractivity contribution in [2.24, 2.45) is 0 Å². The normalized spacial score (nSPS) is 10.5. The maximum Gasteiger partial charge on any atom is 0.0731 e. The molecule has 0 saturated carbocycles. The number of hydrogen-bond donors (Lipinski definition) is 0. The maximum absolute atomic E-state index is 6.27. The van der Waals surface area contributed by atoms with Gasteiger partial charge in [-0.1, -0.05) is 54.1 Å². The van der Waals surface area contributed by atoms with Gasteiger partial charge in [0, 0.05) is 22.3 Å². The molecule has 0 fully saturated rings. The fraction of sp³-hybridized carbons (Fsp3) is 0.0556. The highest BCUT2D eigenvalue weighted by Gasteiger charge is 2.06. The van der Waals surface area contributed by atoms with Crippen molar-refractivity contribution in [1.29, 1.82) is 0 Å². The van der Waals surface area contributed by atoms with Crippen molar-refractivity contribution in [3.8, 4) is 22.4 Å². The molecule has 0 aliphatic rings. The Bertz CT molecular complexity index is 689. The molecule has 0 saturated heterocycles. The highest BCUT2D eigenvalue weighted by atomic mass is 35.5. The summed E-state index contributed by atoms with van der Waals surface area (Å²) in [5, 5.41) is 0.766. The summed E-state index contributed by atoms with van der Waals surface area (Å²) in [6.07, 6.45) is 1.82. The van der Waals surface area contributed by atoms with Crippen molar-refractivity contribution in [3.63, 3.8) is 0 Å². The van der Waals surface area contributed by atoms with Crippen LogP contribution in [0.3, 0.4) is 0 Å². The van der Waals surface area contributed by atoms with Gasteiger partial charge in [-0.25, -0.2) is 0 Å². The van der Waals surface area contributed by atoms with Gasteiger partial charge in [-0.05, 0) is 36.2 Å². The molecule has 1 nitrogen and oxygen atoms in total. The van der Waals surface area contributed by atoms with Gasteiger partial charge in [0.15, 0.2) is 0 Å². The summed E-state index contributed by atoms with van der Waals surface area (Å²) in [6, 6.07) is 20.2. The van der Waals surface area contributed by atoms with Crippen LogP contribution in [0.25, 0.3) is 22.4 Å². The van der Waals surface area contributed by atoms with Gasteiger partial charge in [0.2, 0.25) is 0 Å². The lowest BCUT2D eigenvalue weighted by molar-refractivity contribution is 1.27. The quantitative estimate of drug-likeness (QED) is 0.614. The summed E-state index contributed by atoms with van der Waals surface area (Å²) in [4.78, 5) is 4.47. The smallest absolute Gasteiger partial charge is 0.0731 e. The zero-order valence-corrected chi connectivity index (χ0v) is 11.9. The number of aromatic nitrogens is 1. The lowest BCUT2D eigenvalue weighted by atomic mass is 10.00. The number of benzene rings is 2. The van der Waals surface area contributed by atoms with E-state index in [4.69, 9.17) is 11.6 Å². The molecule has 0 spiro atoms. The molecule has 20 heavy (non-hydrogen) atoms. The second-order valence-corrected chi connectivity index (χ2v) is 5.14. The first kappa shape index (κ1) is 12.9. The Hall–Kier alpha value is -2.12. The van der Waals surface area contributed by atoms with Crippen LogP contribution >= 0.6 is 11.6 Å². The van der Waals surface area contributed by atoms with Gasteiger partial charge in [0.25, 0.3) is 0 Å². The van der Waals surface area contributed by atoms with E-state index in [1.54, 1.807) is 0 Å². The third-order valence-corrected chi connectivity index (χ3v) is 3.66. The first-order valence-corrected chi connectivity index (χ1v) is 6.90. The summed E-state index contributed by atoms with van der Waals surface area (Å²) in [5.41, 5.74) is 5.45. The Kier molecular flexibility index (Phi) is 3.53. The predicted octanol–water partition coefficient (Wildman–Crippen LogP) is 5.38. The first-order valence-electron chi connectivity index (χ1n) is 6.52. The lowest BCUT2D eigenvalue weighted by Gasteiger charge is -2.08. The number of halogens is 1. The van der Waals surface area contributed by atoms with Crippen LogP contribution in [0.2, 0.25) is 5.02 Å². The lowest BCUT2D eigenvalue weighted by Crippen LogP contribution is -1.88. The van der Waals surface area contributed by atoms with Crippen molar-refractivity contribution in [2.75, 3.05) is 0 Å². The molecule has 2 aromatic carbocycles. The average Bonchev–Trinajstić information content (AvgIpc) is 2.48. The Morgan fingerprint density at radius 2 is 1.65 bits per heavy atom. The molecule has 0 radical (unpaired) electrons. The van der Waals surface area contributed by atoms with Crippen molar-refractivity contribution < 1.29 is 0 Å². The summed E-state index contributed by atoms with van der Waals surface area (Å²) in [5.74, 6) is 0. The number of aryl methyl sites for hydroxylation is 1. The Labute approximate surface area is 123 Å². The first-order chi connectivity index (χ1) is 9.75. The van der Waals surface area contributed by atoms with Crippen molar-refractivity contribution >= 4 is 11.6 Å². The van der Waals surface area contributed by atoms with Crippen molar-refractivity contribution in [3.05, 3.63) is 77.4 Å². The zero-order chi connectivity index (χ0) is 13.9. The SMILES string of the molecule is Cc1cccnc1-c1cccc(-c2ccccc2Cl)c1. The molecule has 2 heteroatoms. The Morgan fingerprint density at radius 3 is 2.45 bits per heavy atom. The molecule has 0 amide bonds. The minimum atomic E-state index is 0.766. The van der Waals surface area contributed by atoms with E-state index in [9.17, 15) is 0 Å². The zero-order valence-electron chi connectivity index (χ0n) is 11.2. The van der Waals surface area contributed by atoms with Gasteiger partial charge in [-0.3, -0.25) is 4.98 Å². The second kappa shape index (κ2) is 5.48. The maximum atomic E-state index is 6.27. The summed E-state index contributed by atoms with van der Waals surface area (Å²) < 4.78 is 0. The number of rotatable bonds is 2. The molecule has 0 atom stereocenters. The fourth-order valence-electron chi connectivity index (χ4n) is 2.32. The molecule has 0 aliphatic carbocycles. The molecule has 1 aromatic heterocycles. The second-order valence-electron chi connectivity index (χ2n) is 4.73. The predicted molar refractivity (Wildman–Crippen MR) is 84.9 cm³/mol. The summed E-state index contributed by atoms with van der Waals surface area (Å²) >= 11 is 6.27. The standard InChI is InChI=1S/C18H14ClN/c1-13-6-5-11-20-18(13)15-8-4-7-14(12-15)16-9-2-3-10-17(16)19/h2-12H,1H3.